The Balaban J connectivity index is 2.43. The number of nitrogen functional groups attached to an aromatic ring is 1. The largest absolute Gasteiger partial charge is 0.396 e. The van der Waals surface area contributed by atoms with Crippen molar-refractivity contribution in [2.24, 2.45) is 5.73 Å². The lowest BCUT2D eigenvalue weighted by Crippen LogP contribution is -2.14. The van der Waals surface area contributed by atoms with E-state index in [1.807, 2.05) is 0 Å². The summed E-state index contributed by atoms with van der Waals surface area (Å²) in [4.78, 5) is 15.0. The molecule has 2 aromatic rings. The summed E-state index contributed by atoms with van der Waals surface area (Å²) in [6, 6.07) is 7.05. The molecule has 0 radical (unpaired) electrons. The molecule has 7 heteroatoms. The van der Waals surface area contributed by atoms with Crippen LogP contribution in [0.2, 0.25) is 5.02 Å². The van der Waals surface area contributed by atoms with E-state index in [9.17, 15) is 9.18 Å². The molecule has 0 saturated heterocycles. The van der Waals surface area contributed by atoms with Crippen LogP contribution in [0.15, 0.2) is 30.3 Å². The summed E-state index contributed by atoms with van der Waals surface area (Å²) in [6.45, 7) is 0. The number of rotatable bonds is 3. The van der Waals surface area contributed by atoms with Crippen molar-refractivity contribution in [3.8, 4) is 0 Å². The molecule has 98 valence electrons. The number of nitrogens with two attached hydrogens (primary N) is 2. The van der Waals surface area contributed by atoms with Crippen molar-refractivity contribution in [1.29, 1.82) is 0 Å². The number of hydrogen-bond acceptors (Lipinski definition) is 4. The number of benzene rings is 1. The molecule has 0 aliphatic carbocycles. The Bertz CT molecular complexity index is 627. The summed E-state index contributed by atoms with van der Waals surface area (Å²) in [5, 5.41) is 2.83. The highest BCUT2D eigenvalue weighted by molar-refractivity contribution is 6.33. The second kappa shape index (κ2) is 5.11. The SMILES string of the molecule is NC(=O)c1ccc(N)c(Nc2c(F)cccc2Cl)n1. The molecule has 0 unspecified atom stereocenters. The number of primary amides is 1. The van der Waals surface area contributed by atoms with E-state index in [2.05, 4.69) is 10.3 Å². The van der Waals surface area contributed by atoms with Gasteiger partial charge in [-0.05, 0) is 24.3 Å². The smallest absolute Gasteiger partial charge is 0.267 e. The Morgan fingerprint density at radius 2 is 2.05 bits per heavy atom. The lowest BCUT2D eigenvalue weighted by Gasteiger charge is -2.11. The van der Waals surface area contributed by atoms with Crippen LogP contribution < -0.4 is 16.8 Å². The van der Waals surface area contributed by atoms with E-state index < -0.39 is 11.7 Å². The van der Waals surface area contributed by atoms with Crippen molar-refractivity contribution < 1.29 is 9.18 Å². The first-order valence-corrected chi connectivity index (χ1v) is 5.64. The van der Waals surface area contributed by atoms with Crippen molar-refractivity contribution in [3.63, 3.8) is 0 Å². The van der Waals surface area contributed by atoms with Gasteiger partial charge in [0.15, 0.2) is 5.82 Å². The Morgan fingerprint density at radius 1 is 1.32 bits per heavy atom. The van der Waals surface area contributed by atoms with Crippen molar-refractivity contribution in [3.05, 3.63) is 46.9 Å². The molecule has 2 rings (SSSR count). The summed E-state index contributed by atoms with van der Waals surface area (Å²) in [5.74, 6) is -1.15. The van der Waals surface area contributed by atoms with Crippen LogP contribution in [0.5, 0.6) is 0 Å². The van der Waals surface area contributed by atoms with Gasteiger partial charge in [0.05, 0.1) is 16.4 Å². The standard InChI is InChI=1S/C12H10ClFN4O/c13-6-2-1-3-7(14)10(6)18-12-8(15)4-5-9(17-12)11(16)19/h1-5H,15H2,(H2,16,19)(H,17,18). The number of anilines is 3. The van der Waals surface area contributed by atoms with Gasteiger partial charge in [0.1, 0.15) is 11.5 Å². The number of halogens is 2. The van der Waals surface area contributed by atoms with Crippen molar-refractivity contribution in [2.75, 3.05) is 11.1 Å². The average molecular weight is 281 g/mol. The summed E-state index contributed by atoms with van der Waals surface area (Å²) in [6.07, 6.45) is 0. The normalized spacial score (nSPS) is 10.2. The number of amides is 1. The number of aromatic nitrogens is 1. The zero-order chi connectivity index (χ0) is 14.0. The second-order valence-corrected chi connectivity index (χ2v) is 4.13. The number of para-hydroxylation sites is 1. The Hall–Kier alpha value is -2.34. The van der Waals surface area contributed by atoms with E-state index in [0.29, 0.717) is 0 Å². The van der Waals surface area contributed by atoms with E-state index in [-0.39, 0.29) is 27.9 Å². The monoisotopic (exact) mass is 280 g/mol. The lowest BCUT2D eigenvalue weighted by molar-refractivity contribution is 0.0996. The average Bonchev–Trinajstić information content (AvgIpc) is 2.35. The summed E-state index contributed by atoms with van der Waals surface area (Å²) < 4.78 is 13.6. The molecular formula is C12H10ClFN4O. The zero-order valence-corrected chi connectivity index (χ0v) is 10.4. The summed E-state index contributed by atoms with van der Waals surface area (Å²) >= 11 is 5.87. The van der Waals surface area contributed by atoms with Gasteiger partial charge < -0.3 is 16.8 Å². The fourth-order valence-electron chi connectivity index (χ4n) is 1.44. The van der Waals surface area contributed by atoms with Gasteiger partial charge in [-0.15, -0.1) is 0 Å². The molecular weight excluding hydrogens is 271 g/mol. The van der Waals surface area contributed by atoms with Crippen molar-refractivity contribution in [2.45, 2.75) is 0 Å². The number of carbonyl (C=O) groups excluding carboxylic acids is 1. The molecule has 0 atom stereocenters. The first-order valence-electron chi connectivity index (χ1n) is 5.26. The van der Waals surface area contributed by atoms with Crippen LogP contribution >= 0.6 is 11.6 Å². The van der Waals surface area contributed by atoms with E-state index in [1.165, 1.54) is 30.3 Å². The molecule has 1 amide bonds. The highest BCUT2D eigenvalue weighted by Crippen LogP contribution is 2.29. The van der Waals surface area contributed by atoms with Gasteiger partial charge in [0.2, 0.25) is 0 Å². The molecule has 1 aromatic heterocycles. The number of nitrogens with zero attached hydrogens (tertiary/aromatic N) is 1. The highest BCUT2D eigenvalue weighted by Gasteiger charge is 2.11. The third kappa shape index (κ3) is 2.74. The number of carbonyl (C=O) groups is 1. The molecule has 1 aromatic carbocycles. The van der Waals surface area contributed by atoms with Crippen molar-refractivity contribution >= 4 is 34.7 Å². The van der Waals surface area contributed by atoms with E-state index in [4.69, 9.17) is 23.1 Å². The lowest BCUT2D eigenvalue weighted by atomic mass is 10.2. The van der Waals surface area contributed by atoms with Crippen LogP contribution in [0, 0.1) is 5.82 Å². The summed E-state index contributed by atoms with van der Waals surface area (Å²) in [5.41, 5.74) is 11.1. The molecule has 0 fully saturated rings. The summed E-state index contributed by atoms with van der Waals surface area (Å²) in [7, 11) is 0. The van der Waals surface area contributed by atoms with Crippen LogP contribution in [0.1, 0.15) is 10.5 Å². The zero-order valence-electron chi connectivity index (χ0n) is 9.65. The fourth-order valence-corrected chi connectivity index (χ4v) is 1.65. The van der Waals surface area contributed by atoms with Gasteiger partial charge in [-0.25, -0.2) is 9.37 Å². The molecule has 0 aliphatic heterocycles. The molecule has 0 saturated carbocycles. The van der Waals surface area contributed by atoms with E-state index >= 15 is 0 Å². The number of pyridine rings is 1. The topological polar surface area (TPSA) is 94.0 Å². The van der Waals surface area contributed by atoms with E-state index in [0.717, 1.165) is 0 Å². The predicted molar refractivity (Wildman–Crippen MR) is 71.9 cm³/mol. The highest BCUT2D eigenvalue weighted by atomic mass is 35.5. The minimum Gasteiger partial charge on any atom is -0.396 e. The van der Waals surface area contributed by atoms with Crippen LogP contribution in [0.3, 0.4) is 0 Å². The van der Waals surface area contributed by atoms with Gasteiger partial charge in [-0.1, -0.05) is 17.7 Å². The third-order valence-corrected chi connectivity index (χ3v) is 2.70. The van der Waals surface area contributed by atoms with Gasteiger partial charge >= 0.3 is 0 Å². The molecule has 0 bridgehead atoms. The molecule has 0 spiro atoms. The maximum absolute atomic E-state index is 13.6. The van der Waals surface area contributed by atoms with Gasteiger partial charge in [-0.3, -0.25) is 4.79 Å². The molecule has 5 nitrogen and oxygen atoms in total. The maximum Gasteiger partial charge on any atom is 0.267 e. The van der Waals surface area contributed by atoms with Gasteiger partial charge in [-0.2, -0.15) is 0 Å². The Labute approximate surface area is 113 Å². The maximum atomic E-state index is 13.6. The van der Waals surface area contributed by atoms with Crippen LogP contribution in [0.25, 0.3) is 0 Å². The van der Waals surface area contributed by atoms with Gasteiger partial charge in [0.25, 0.3) is 5.91 Å². The number of nitrogens with one attached hydrogen (secondary N) is 1. The quantitative estimate of drug-likeness (QED) is 0.804. The van der Waals surface area contributed by atoms with Crippen LogP contribution in [-0.2, 0) is 0 Å². The minimum absolute atomic E-state index is 0.0177. The third-order valence-electron chi connectivity index (χ3n) is 2.39. The Morgan fingerprint density at radius 3 is 2.68 bits per heavy atom. The molecule has 5 N–H and O–H groups in total. The van der Waals surface area contributed by atoms with Crippen LogP contribution in [0.4, 0.5) is 21.6 Å². The molecule has 0 aliphatic rings. The minimum atomic E-state index is -0.706. The molecule has 19 heavy (non-hydrogen) atoms. The van der Waals surface area contributed by atoms with Crippen LogP contribution in [-0.4, -0.2) is 10.9 Å². The van der Waals surface area contributed by atoms with Gasteiger partial charge in [0, 0.05) is 0 Å². The predicted octanol–water partition coefficient (Wildman–Crippen LogP) is 2.30. The second-order valence-electron chi connectivity index (χ2n) is 3.72. The molecule has 1 heterocycles. The first-order chi connectivity index (χ1) is 8.99. The van der Waals surface area contributed by atoms with Crippen molar-refractivity contribution in [1.82, 2.24) is 4.98 Å². The first kappa shape index (κ1) is 13.1. The Kier molecular flexibility index (Phi) is 3.52. The number of hydrogen-bond donors (Lipinski definition) is 3. The van der Waals surface area contributed by atoms with E-state index in [1.54, 1.807) is 0 Å². The fraction of sp³-hybridized carbons (Fsp3) is 0.